The molecule has 0 aromatic carbocycles. The third-order valence-corrected chi connectivity index (χ3v) is 2.50. The van der Waals surface area contributed by atoms with Crippen molar-refractivity contribution in [3.05, 3.63) is 17.5 Å². The van der Waals surface area contributed by atoms with Crippen LogP contribution in [-0.4, -0.2) is 17.6 Å². The lowest BCUT2D eigenvalue weighted by Gasteiger charge is -2.09. The van der Waals surface area contributed by atoms with E-state index in [4.69, 9.17) is 5.11 Å². The van der Waals surface area contributed by atoms with Gasteiger partial charge >= 0.3 is 5.97 Å². The monoisotopic (exact) mass is 199 g/mol. The fourth-order valence-corrected chi connectivity index (χ4v) is 1.65. The maximum atomic E-state index is 10.3. The Kier molecular flexibility index (Phi) is 3.76. The molecule has 1 rings (SSSR count). The van der Waals surface area contributed by atoms with E-state index in [-0.39, 0.29) is 12.3 Å². The van der Waals surface area contributed by atoms with E-state index in [0.29, 0.717) is 6.54 Å². The van der Waals surface area contributed by atoms with E-state index in [0.717, 1.165) is 5.00 Å². The molecule has 2 N–H and O–H groups in total. The molecule has 13 heavy (non-hydrogen) atoms. The summed E-state index contributed by atoms with van der Waals surface area (Å²) in [5.41, 5.74) is 0. The van der Waals surface area contributed by atoms with Gasteiger partial charge in [-0.25, -0.2) is 0 Å². The highest BCUT2D eigenvalue weighted by molar-refractivity contribution is 7.14. The van der Waals surface area contributed by atoms with E-state index in [2.05, 4.69) is 5.32 Å². The molecule has 0 spiro atoms. The van der Waals surface area contributed by atoms with E-state index in [1.807, 2.05) is 24.4 Å². The minimum Gasteiger partial charge on any atom is -0.481 e. The Morgan fingerprint density at radius 1 is 1.77 bits per heavy atom. The van der Waals surface area contributed by atoms with Crippen LogP contribution in [0.1, 0.15) is 13.3 Å². The number of carboxylic acids is 1. The Hall–Kier alpha value is -1.03. The molecule has 0 radical (unpaired) electrons. The summed E-state index contributed by atoms with van der Waals surface area (Å²) in [5, 5.41) is 14.8. The Balaban J connectivity index is 2.22. The second kappa shape index (κ2) is 4.87. The maximum Gasteiger partial charge on any atom is 0.303 e. The van der Waals surface area contributed by atoms with Gasteiger partial charge in [0.1, 0.15) is 0 Å². The van der Waals surface area contributed by atoms with Crippen LogP contribution in [0.3, 0.4) is 0 Å². The highest BCUT2D eigenvalue weighted by Crippen LogP contribution is 2.15. The summed E-state index contributed by atoms with van der Waals surface area (Å²) in [6.45, 7) is 2.64. The molecule has 1 heterocycles. The van der Waals surface area contributed by atoms with Crippen LogP contribution in [0.4, 0.5) is 5.00 Å². The Morgan fingerprint density at radius 2 is 2.54 bits per heavy atom. The number of hydrogen-bond donors (Lipinski definition) is 2. The summed E-state index contributed by atoms with van der Waals surface area (Å²) >= 11 is 1.63. The zero-order chi connectivity index (χ0) is 9.68. The summed E-state index contributed by atoms with van der Waals surface area (Å²) in [7, 11) is 0. The minimum absolute atomic E-state index is 0.166. The summed E-state index contributed by atoms with van der Waals surface area (Å²) in [6, 6.07) is 3.95. The average molecular weight is 199 g/mol. The van der Waals surface area contributed by atoms with Gasteiger partial charge in [-0.1, -0.05) is 6.92 Å². The van der Waals surface area contributed by atoms with Crippen LogP contribution in [-0.2, 0) is 4.79 Å². The van der Waals surface area contributed by atoms with Gasteiger partial charge in [-0.05, 0) is 23.4 Å². The first-order valence-corrected chi connectivity index (χ1v) is 5.05. The number of anilines is 1. The van der Waals surface area contributed by atoms with Crippen molar-refractivity contribution in [2.45, 2.75) is 13.3 Å². The van der Waals surface area contributed by atoms with E-state index in [1.165, 1.54) is 0 Å². The molecular weight excluding hydrogens is 186 g/mol. The van der Waals surface area contributed by atoms with Crippen molar-refractivity contribution >= 4 is 22.3 Å². The molecule has 3 nitrogen and oxygen atoms in total. The molecule has 0 fully saturated rings. The molecule has 0 amide bonds. The molecule has 0 saturated carbocycles. The van der Waals surface area contributed by atoms with Crippen molar-refractivity contribution in [3.63, 3.8) is 0 Å². The van der Waals surface area contributed by atoms with Crippen LogP contribution in [0.2, 0.25) is 0 Å². The standard InChI is InChI=1S/C9H13NO2S/c1-7(5-9(11)12)6-10-8-3-2-4-13-8/h2-4,7,10H,5-6H2,1H3,(H,11,12). The highest BCUT2D eigenvalue weighted by Gasteiger charge is 2.06. The van der Waals surface area contributed by atoms with E-state index < -0.39 is 5.97 Å². The van der Waals surface area contributed by atoms with Crippen molar-refractivity contribution in [1.29, 1.82) is 0 Å². The third-order valence-electron chi connectivity index (χ3n) is 1.67. The van der Waals surface area contributed by atoms with Gasteiger partial charge in [0.2, 0.25) is 0 Å². The van der Waals surface area contributed by atoms with Gasteiger partial charge in [0, 0.05) is 13.0 Å². The Labute approximate surface area is 81.4 Å². The molecular formula is C9H13NO2S. The molecule has 72 valence electrons. The second-order valence-electron chi connectivity index (χ2n) is 3.06. The van der Waals surface area contributed by atoms with Gasteiger partial charge in [-0.3, -0.25) is 4.79 Å². The van der Waals surface area contributed by atoms with E-state index in [1.54, 1.807) is 11.3 Å². The summed E-state index contributed by atoms with van der Waals surface area (Å²) in [6.07, 6.45) is 0.221. The van der Waals surface area contributed by atoms with Crippen molar-refractivity contribution in [2.24, 2.45) is 5.92 Å². The zero-order valence-electron chi connectivity index (χ0n) is 7.49. The van der Waals surface area contributed by atoms with Gasteiger partial charge in [-0.2, -0.15) is 0 Å². The van der Waals surface area contributed by atoms with Crippen LogP contribution in [0, 0.1) is 5.92 Å². The SMILES string of the molecule is CC(CNc1cccs1)CC(=O)O. The molecule has 1 aromatic heterocycles. The van der Waals surface area contributed by atoms with Gasteiger partial charge in [0.15, 0.2) is 0 Å². The normalized spacial score (nSPS) is 12.4. The third kappa shape index (κ3) is 3.94. The highest BCUT2D eigenvalue weighted by atomic mass is 32.1. The number of hydrogen-bond acceptors (Lipinski definition) is 3. The minimum atomic E-state index is -0.736. The van der Waals surface area contributed by atoms with Gasteiger partial charge < -0.3 is 10.4 Å². The first kappa shape index (κ1) is 10.1. The average Bonchev–Trinajstić information content (AvgIpc) is 2.51. The number of carboxylic acid groups (broad SMARTS) is 1. The fraction of sp³-hybridized carbons (Fsp3) is 0.444. The Bertz CT molecular complexity index is 259. The van der Waals surface area contributed by atoms with Crippen molar-refractivity contribution < 1.29 is 9.90 Å². The topological polar surface area (TPSA) is 49.3 Å². The van der Waals surface area contributed by atoms with Crippen LogP contribution < -0.4 is 5.32 Å². The quantitative estimate of drug-likeness (QED) is 0.764. The van der Waals surface area contributed by atoms with Crippen molar-refractivity contribution in [1.82, 2.24) is 0 Å². The van der Waals surface area contributed by atoms with Crippen LogP contribution in [0.25, 0.3) is 0 Å². The molecule has 0 aliphatic carbocycles. The molecule has 4 heteroatoms. The van der Waals surface area contributed by atoms with Gasteiger partial charge in [-0.15, -0.1) is 11.3 Å². The molecule has 1 aromatic rings. The van der Waals surface area contributed by atoms with Gasteiger partial charge in [0.05, 0.1) is 5.00 Å². The van der Waals surface area contributed by atoms with E-state index in [9.17, 15) is 4.79 Å². The molecule has 1 unspecified atom stereocenters. The Morgan fingerprint density at radius 3 is 3.08 bits per heavy atom. The predicted molar refractivity (Wildman–Crippen MR) is 54.2 cm³/mol. The van der Waals surface area contributed by atoms with Crippen LogP contribution >= 0.6 is 11.3 Å². The second-order valence-corrected chi connectivity index (χ2v) is 4.01. The molecule has 1 atom stereocenters. The number of thiophene rings is 1. The summed E-state index contributed by atoms with van der Waals surface area (Å²) in [5.74, 6) is -0.569. The van der Waals surface area contributed by atoms with E-state index >= 15 is 0 Å². The first-order valence-electron chi connectivity index (χ1n) is 4.17. The molecule has 0 bridgehead atoms. The fourth-order valence-electron chi connectivity index (χ4n) is 1.02. The van der Waals surface area contributed by atoms with Crippen molar-refractivity contribution in [2.75, 3.05) is 11.9 Å². The van der Waals surface area contributed by atoms with Crippen molar-refractivity contribution in [3.8, 4) is 0 Å². The largest absolute Gasteiger partial charge is 0.481 e. The smallest absolute Gasteiger partial charge is 0.303 e. The lowest BCUT2D eigenvalue weighted by Crippen LogP contribution is -2.14. The number of nitrogens with one attached hydrogen (secondary N) is 1. The lowest BCUT2D eigenvalue weighted by atomic mass is 10.1. The number of rotatable bonds is 5. The summed E-state index contributed by atoms with van der Waals surface area (Å²) in [4.78, 5) is 10.3. The van der Waals surface area contributed by atoms with Crippen LogP contribution in [0.5, 0.6) is 0 Å². The van der Waals surface area contributed by atoms with Crippen LogP contribution in [0.15, 0.2) is 17.5 Å². The maximum absolute atomic E-state index is 10.3. The van der Waals surface area contributed by atoms with Gasteiger partial charge in [0.25, 0.3) is 0 Å². The predicted octanol–water partition coefficient (Wildman–Crippen LogP) is 2.27. The lowest BCUT2D eigenvalue weighted by molar-refractivity contribution is -0.137. The molecule has 0 saturated heterocycles. The number of aliphatic carboxylic acids is 1. The molecule has 0 aliphatic heterocycles. The summed E-state index contributed by atoms with van der Waals surface area (Å²) < 4.78 is 0. The zero-order valence-corrected chi connectivity index (χ0v) is 8.30. The number of carbonyl (C=O) groups is 1. The molecule has 0 aliphatic rings. The first-order chi connectivity index (χ1) is 6.18.